The van der Waals surface area contributed by atoms with E-state index in [1.54, 1.807) is 43.3 Å². The molecule has 0 heterocycles. The molecule has 3 aromatic rings. The van der Waals surface area contributed by atoms with Gasteiger partial charge in [0, 0.05) is 28.2 Å². The van der Waals surface area contributed by atoms with Crippen LogP contribution in [0.25, 0.3) is 0 Å². The highest BCUT2D eigenvalue weighted by Gasteiger charge is 2.34. The second kappa shape index (κ2) is 15.0. The topological polar surface area (TPSA) is 96.0 Å². The van der Waals surface area contributed by atoms with Crippen molar-refractivity contribution in [3.05, 3.63) is 87.4 Å². The average molecular weight is 655 g/mol. The lowest BCUT2D eigenvalue weighted by molar-refractivity contribution is -0.140. The molecule has 0 bridgehead atoms. The SMILES string of the molecule is CC[C@@H](C)NC(=O)[C@@H](CC)N(Cc1c(Cl)cccc1Cl)C(=O)CN(c1ccc(OC)c(Cl)c1)S(=O)(=O)c1ccccc1. The predicted molar refractivity (Wildman–Crippen MR) is 168 cm³/mol. The summed E-state index contributed by atoms with van der Waals surface area (Å²) in [5.41, 5.74) is 0.583. The smallest absolute Gasteiger partial charge is 0.264 e. The van der Waals surface area contributed by atoms with E-state index in [2.05, 4.69) is 5.32 Å². The van der Waals surface area contributed by atoms with E-state index < -0.39 is 28.5 Å². The molecule has 3 aromatic carbocycles. The first kappa shape index (κ1) is 33.5. The molecule has 2 amide bonds. The minimum absolute atomic E-state index is 0.0213. The first-order valence-corrected chi connectivity index (χ1v) is 16.0. The summed E-state index contributed by atoms with van der Waals surface area (Å²) >= 11 is 19.3. The fourth-order valence-electron chi connectivity index (χ4n) is 4.27. The summed E-state index contributed by atoms with van der Waals surface area (Å²) in [6.45, 7) is 4.83. The van der Waals surface area contributed by atoms with Gasteiger partial charge in [-0.1, -0.05) is 72.9 Å². The van der Waals surface area contributed by atoms with Crippen molar-refractivity contribution in [1.29, 1.82) is 0 Å². The van der Waals surface area contributed by atoms with E-state index in [9.17, 15) is 18.0 Å². The van der Waals surface area contributed by atoms with E-state index in [1.807, 2.05) is 13.8 Å². The maximum Gasteiger partial charge on any atom is 0.264 e. The molecule has 0 fully saturated rings. The highest BCUT2D eigenvalue weighted by Crippen LogP contribution is 2.33. The molecule has 0 saturated carbocycles. The van der Waals surface area contributed by atoms with Gasteiger partial charge >= 0.3 is 0 Å². The van der Waals surface area contributed by atoms with E-state index in [0.29, 0.717) is 27.8 Å². The van der Waals surface area contributed by atoms with Crippen molar-refractivity contribution in [2.45, 2.75) is 57.1 Å². The molecule has 8 nitrogen and oxygen atoms in total. The van der Waals surface area contributed by atoms with Gasteiger partial charge in [0.15, 0.2) is 0 Å². The van der Waals surface area contributed by atoms with Gasteiger partial charge in [0.25, 0.3) is 10.0 Å². The number of anilines is 1. The van der Waals surface area contributed by atoms with Gasteiger partial charge in [-0.05, 0) is 62.2 Å². The first-order valence-electron chi connectivity index (χ1n) is 13.4. The number of ether oxygens (including phenoxy) is 1. The second-order valence-electron chi connectivity index (χ2n) is 9.61. The molecule has 12 heteroatoms. The van der Waals surface area contributed by atoms with Gasteiger partial charge in [0.2, 0.25) is 11.8 Å². The van der Waals surface area contributed by atoms with E-state index >= 15 is 0 Å². The number of carbonyl (C=O) groups excluding carboxylic acids is 2. The lowest BCUT2D eigenvalue weighted by Gasteiger charge is -2.34. The monoisotopic (exact) mass is 653 g/mol. The second-order valence-corrected chi connectivity index (χ2v) is 12.7. The number of benzene rings is 3. The Morgan fingerprint density at radius 3 is 2.10 bits per heavy atom. The molecular weight excluding hydrogens is 621 g/mol. The molecule has 0 unspecified atom stereocenters. The molecule has 2 atom stereocenters. The van der Waals surface area contributed by atoms with E-state index in [-0.39, 0.29) is 40.5 Å². The molecule has 42 heavy (non-hydrogen) atoms. The Labute approximate surface area is 262 Å². The first-order chi connectivity index (χ1) is 19.9. The third-order valence-corrected chi connectivity index (χ3v) is 9.60. The quantitative estimate of drug-likeness (QED) is 0.225. The minimum atomic E-state index is -4.25. The minimum Gasteiger partial charge on any atom is -0.495 e. The number of hydrogen-bond acceptors (Lipinski definition) is 5. The van der Waals surface area contributed by atoms with Crippen molar-refractivity contribution >= 4 is 62.3 Å². The largest absolute Gasteiger partial charge is 0.495 e. The molecule has 0 aliphatic rings. The number of carbonyl (C=O) groups is 2. The Morgan fingerprint density at radius 1 is 0.905 bits per heavy atom. The average Bonchev–Trinajstić information content (AvgIpc) is 2.97. The number of hydrogen-bond donors (Lipinski definition) is 1. The fraction of sp³-hybridized carbons (Fsp3) is 0.333. The number of methoxy groups -OCH3 is 1. The van der Waals surface area contributed by atoms with Crippen LogP contribution in [-0.2, 0) is 26.2 Å². The van der Waals surface area contributed by atoms with E-state index in [4.69, 9.17) is 39.5 Å². The maximum absolute atomic E-state index is 14.2. The molecule has 226 valence electrons. The van der Waals surface area contributed by atoms with Crippen molar-refractivity contribution < 1.29 is 22.7 Å². The predicted octanol–water partition coefficient (Wildman–Crippen LogP) is 6.57. The number of halogens is 3. The standard InChI is InChI=1S/C30H34Cl3N3O5S/c1-5-20(3)34-30(38)27(6-2)35(18-23-24(31)13-10-14-25(23)32)29(37)19-36(21-15-16-28(41-4)26(33)17-21)42(39,40)22-11-8-7-9-12-22/h7-17,20,27H,5-6,18-19H2,1-4H3,(H,34,38)/t20-,27-/m1/s1. The third-order valence-electron chi connectivity index (χ3n) is 6.81. The lowest BCUT2D eigenvalue weighted by Crippen LogP contribution is -2.53. The van der Waals surface area contributed by atoms with E-state index in [1.165, 1.54) is 42.3 Å². The molecule has 0 saturated heterocycles. The Balaban J connectivity index is 2.12. The van der Waals surface area contributed by atoms with Crippen molar-refractivity contribution in [3.63, 3.8) is 0 Å². The Kier molecular flexibility index (Phi) is 11.9. The van der Waals surface area contributed by atoms with Gasteiger partial charge in [0.05, 0.1) is 22.7 Å². The van der Waals surface area contributed by atoms with Crippen molar-refractivity contribution in [2.75, 3.05) is 18.0 Å². The Hall–Kier alpha value is -2.98. The molecule has 0 aliphatic heterocycles. The van der Waals surface area contributed by atoms with Crippen molar-refractivity contribution in [1.82, 2.24) is 10.2 Å². The maximum atomic E-state index is 14.2. The highest BCUT2D eigenvalue weighted by atomic mass is 35.5. The number of nitrogens with one attached hydrogen (secondary N) is 1. The van der Waals surface area contributed by atoms with Crippen LogP contribution < -0.4 is 14.4 Å². The summed E-state index contributed by atoms with van der Waals surface area (Å²) in [5, 5.41) is 3.72. The number of nitrogens with zero attached hydrogens (tertiary/aromatic N) is 2. The van der Waals surface area contributed by atoms with Gasteiger partial charge < -0.3 is 15.0 Å². The van der Waals surface area contributed by atoms with Crippen LogP contribution in [0, 0.1) is 0 Å². The van der Waals surface area contributed by atoms with Crippen LogP contribution in [0.4, 0.5) is 5.69 Å². The van der Waals surface area contributed by atoms with Crippen LogP contribution in [0.2, 0.25) is 15.1 Å². The highest BCUT2D eigenvalue weighted by molar-refractivity contribution is 7.92. The summed E-state index contributed by atoms with van der Waals surface area (Å²) in [6.07, 6.45) is 0.948. The fourth-order valence-corrected chi connectivity index (χ4v) is 6.47. The zero-order valence-corrected chi connectivity index (χ0v) is 26.9. The third kappa shape index (κ3) is 7.89. The molecule has 0 aliphatic carbocycles. The van der Waals surface area contributed by atoms with E-state index in [0.717, 1.165) is 4.31 Å². The molecule has 0 spiro atoms. The summed E-state index contributed by atoms with van der Waals surface area (Å²) in [4.78, 5) is 28.9. The zero-order valence-electron chi connectivity index (χ0n) is 23.8. The van der Waals surface area contributed by atoms with Gasteiger partial charge in [0.1, 0.15) is 18.3 Å². The number of rotatable bonds is 13. The van der Waals surface area contributed by atoms with Gasteiger partial charge in [-0.3, -0.25) is 13.9 Å². The van der Waals surface area contributed by atoms with Crippen molar-refractivity contribution in [2.24, 2.45) is 0 Å². The molecule has 3 rings (SSSR count). The number of sulfonamides is 1. The van der Waals surface area contributed by atoms with Crippen LogP contribution in [0.1, 0.15) is 39.2 Å². The Bertz CT molecular complexity index is 1490. The Morgan fingerprint density at radius 2 is 1.55 bits per heavy atom. The van der Waals surface area contributed by atoms with Gasteiger partial charge in [-0.25, -0.2) is 8.42 Å². The summed E-state index contributed by atoms with van der Waals surface area (Å²) < 4.78 is 34.1. The van der Waals surface area contributed by atoms with Crippen LogP contribution in [-0.4, -0.2) is 50.9 Å². The normalized spacial score (nSPS) is 12.7. The summed E-state index contributed by atoms with van der Waals surface area (Å²) in [6, 6.07) is 16.1. The molecule has 0 radical (unpaired) electrons. The van der Waals surface area contributed by atoms with Crippen molar-refractivity contribution in [3.8, 4) is 5.75 Å². The molecule has 0 aromatic heterocycles. The molecule has 1 N–H and O–H groups in total. The van der Waals surface area contributed by atoms with Crippen LogP contribution in [0.5, 0.6) is 5.75 Å². The zero-order chi connectivity index (χ0) is 31.0. The summed E-state index contributed by atoms with van der Waals surface area (Å²) in [5.74, 6) is -0.663. The van der Waals surface area contributed by atoms with Crippen LogP contribution in [0.15, 0.2) is 71.6 Å². The molecular formula is C30H34Cl3N3O5S. The van der Waals surface area contributed by atoms with Crippen LogP contribution >= 0.6 is 34.8 Å². The van der Waals surface area contributed by atoms with Gasteiger partial charge in [-0.15, -0.1) is 0 Å². The number of amides is 2. The van der Waals surface area contributed by atoms with Gasteiger partial charge in [-0.2, -0.15) is 0 Å². The lowest BCUT2D eigenvalue weighted by atomic mass is 10.1. The summed E-state index contributed by atoms with van der Waals surface area (Å²) in [7, 11) is -2.81. The van der Waals surface area contributed by atoms with Crippen LogP contribution in [0.3, 0.4) is 0 Å².